The highest BCUT2D eigenvalue weighted by molar-refractivity contribution is 6.17. The Balaban J connectivity index is 1.13. The molecule has 0 spiro atoms. The van der Waals surface area contributed by atoms with Gasteiger partial charge in [0.2, 0.25) is 0 Å². The van der Waals surface area contributed by atoms with Gasteiger partial charge in [-0.15, -0.1) is 0 Å². The fourth-order valence-corrected chi connectivity index (χ4v) is 9.65. The SMILES string of the molecule is C1=CCC(c2nc(-c3ccccc3)nc(-c3ccc(-n4c5ccccc5c5ccc6c(c54)N(c4cccc5ccccc45)C4C=CC=CC64)c4ccccc34)n2)C=C1. The van der Waals surface area contributed by atoms with Crippen LogP contribution in [0, 0.1) is 0 Å². The van der Waals surface area contributed by atoms with Gasteiger partial charge < -0.3 is 9.47 Å². The lowest BCUT2D eigenvalue weighted by atomic mass is 9.91. The van der Waals surface area contributed by atoms with E-state index in [2.05, 4.69) is 185 Å². The average molecular weight is 744 g/mol. The lowest BCUT2D eigenvalue weighted by molar-refractivity contribution is 0.746. The maximum absolute atomic E-state index is 5.22. The number of anilines is 2. The van der Waals surface area contributed by atoms with Crippen molar-refractivity contribution in [2.24, 2.45) is 0 Å². The van der Waals surface area contributed by atoms with Crippen molar-refractivity contribution in [3.63, 3.8) is 0 Å². The van der Waals surface area contributed by atoms with Crippen molar-refractivity contribution >= 4 is 54.7 Å². The first-order valence-corrected chi connectivity index (χ1v) is 20.2. The van der Waals surface area contributed by atoms with Crippen molar-refractivity contribution in [3.05, 3.63) is 206 Å². The first-order chi connectivity index (χ1) is 28.8. The lowest BCUT2D eigenvalue weighted by Crippen LogP contribution is -2.28. The second-order valence-electron chi connectivity index (χ2n) is 15.4. The zero-order valence-corrected chi connectivity index (χ0v) is 31.7. The van der Waals surface area contributed by atoms with Gasteiger partial charge in [0.15, 0.2) is 11.6 Å². The molecule has 12 rings (SSSR count). The molecule has 5 heteroatoms. The number of aromatic nitrogens is 4. The fraction of sp³-hybridized carbons (Fsp3) is 0.0755. The van der Waals surface area contributed by atoms with E-state index < -0.39 is 0 Å². The number of allylic oxidation sites excluding steroid dienone is 6. The second kappa shape index (κ2) is 13.1. The third-order valence-corrected chi connectivity index (χ3v) is 12.3. The van der Waals surface area contributed by atoms with E-state index in [9.17, 15) is 0 Å². The molecule has 1 aliphatic heterocycles. The molecule has 3 heterocycles. The summed E-state index contributed by atoms with van der Waals surface area (Å²) in [5.74, 6) is 2.46. The molecule has 0 N–H and O–H groups in total. The predicted molar refractivity (Wildman–Crippen MR) is 239 cm³/mol. The van der Waals surface area contributed by atoms with Gasteiger partial charge in [-0.3, -0.25) is 0 Å². The number of para-hydroxylation sites is 1. The molecule has 5 nitrogen and oxygen atoms in total. The maximum atomic E-state index is 5.22. The van der Waals surface area contributed by atoms with Gasteiger partial charge in [0.05, 0.1) is 28.5 Å². The largest absolute Gasteiger partial charge is 0.331 e. The molecule has 7 aromatic carbocycles. The molecule has 274 valence electrons. The third-order valence-electron chi connectivity index (χ3n) is 12.3. The number of hydrogen-bond donors (Lipinski definition) is 0. The molecule has 3 aliphatic rings. The molecule has 0 radical (unpaired) electrons. The Labute approximate surface area is 336 Å². The summed E-state index contributed by atoms with van der Waals surface area (Å²) in [5, 5.41) is 7.19. The fourth-order valence-electron chi connectivity index (χ4n) is 9.65. The summed E-state index contributed by atoms with van der Waals surface area (Å²) in [6.45, 7) is 0. The van der Waals surface area contributed by atoms with E-state index in [1.165, 1.54) is 49.5 Å². The summed E-state index contributed by atoms with van der Waals surface area (Å²) in [5.41, 5.74) is 9.29. The van der Waals surface area contributed by atoms with E-state index in [0.717, 1.165) is 39.8 Å². The summed E-state index contributed by atoms with van der Waals surface area (Å²) < 4.78 is 2.52. The monoisotopic (exact) mass is 743 g/mol. The van der Waals surface area contributed by atoms with E-state index in [1.807, 2.05) is 18.2 Å². The zero-order chi connectivity index (χ0) is 38.2. The van der Waals surface area contributed by atoms with Gasteiger partial charge in [-0.05, 0) is 47.0 Å². The van der Waals surface area contributed by atoms with Crippen LogP contribution < -0.4 is 4.90 Å². The first kappa shape index (κ1) is 32.8. The lowest BCUT2D eigenvalue weighted by Gasteiger charge is -2.30. The average Bonchev–Trinajstić information content (AvgIpc) is 3.82. The van der Waals surface area contributed by atoms with E-state index in [1.54, 1.807) is 0 Å². The van der Waals surface area contributed by atoms with E-state index in [-0.39, 0.29) is 17.9 Å². The van der Waals surface area contributed by atoms with Crippen LogP contribution in [0.1, 0.15) is 29.6 Å². The molecule has 2 aliphatic carbocycles. The number of benzene rings is 7. The zero-order valence-electron chi connectivity index (χ0n) is 31.7. The topological polar surface area (TPSA) is 46.8 Å². The summed E-state index contributed by atoms with van der Waals surface area (Å²) in [6, 6.07) is 52.7. The normalized spacial score (nSPS) is 18.1. The van der Waals surface area contributed by atoms with Crippen molar-refractivity contribution in [1.29, 1.82) is 0 Å². The number of rotatable bonds is 5. The Morgan fingerprint density at radius 2 is 1.24 bits per heavy atom. The maximum Gasteiger partial charge on any atom is 0.164 e. The number of hydrogen-bond acceptors (Lipinski definition) is 4. The second-order valence-corrected chi connectivity index (χ2v) is 15.4. The van der Waals surface area contributed by atoms with Gasteiger partial charge in [0.25, 0.3) is 0 Å². The van der Waals surface area contributed by atoms with Gasteiger partial charge in [-0.2, -0.15) is 0 Å². The Morgan fingerprint density at radius 3 is 2.12 bits per heavy atom. The van der Waals surface area contributed by atoms with Gasteiger partial charge in [-0.1, -0.05) is 170 Å². The summed E-state index contributed by atoms with van der Waals surface area (Å²) in [6.07, 6.45) is 18.6. The van der Waals surface area contributed by atoms with Crippen LogP contribution in [0.15, 0.2) is 194 Å². The summed E-state index contributed by atoms with van der Waals surface area (Å²) in [7, 11) is 0. The number of nitrogens with zero attached hydrogens (tertiary/aromatic N) is 5. The Bertz CT molecular complexity index is 3240. The Kier molecular flexibility index (Phi) is 7.42. The van der Waals surface area contributed by atoms with Crippen LogP contribution in [0.5, 0.6) is 0 Å². The molecule has 0 bridgehead atoms. The molecular weight excluding hydrogens is 707 g/mol. The molecule has 0 saturated heterocycles. The summed E-state index contributed by atoms with van der Waals surface area (Å²) >= 11 is 0. The highest BCUT2D eigenvalue weighted by Crippen LogP contribution is 2.54. The van der Waals surface area contributed by atoms with Crippen LogP contribution in [0.3, 0.4) is 0 Å². The standard InChI is InChI=1S/C53H37N5/c1-3-17-35(18-4-1)51-54-52(36-19-5-2-6-20-36)56-53(55-51)44-32-33-48(39-24-10-9-23-38(39)44)58-47-28-14-12-26-41(47)43-31-30-42-40-25-11-13-27-46(40)57(49(42)50(43)58)45-29-15-21-34-16-7-8-22-37(34)45/h1-19,21-33,36,40,46H,20H2. The van der Waals surface area contributed by atoms with Crippen molar-refractivity contribution < 1.29 is 0 Å². The van der Waals surface area contributed by atoms with Crippen molar-refractivity contribution in [3.8, 4) is 28.5 Å². The molecular formula is C53H37N5. The van der Waals surface area contributed by atoms with Crippen LogP contribution in [0.25, 0.3) is 71.8 Å². The third kappa shape index (κ3) is 4.99. The minimum absolute atomic E-state index is 0.0810. The van der Waals surface area contributed by atoms with Crippen LogP contribution in [0.2, 0.25) is 0 Å². The molecule has 0 saturated carbocycles. The molecule has 0 fully saturated rings. The smallest absolute Gasteiger partial charge is 0.164 e. The van der Waals surface area contributed by atoms with Crippen LogP contribution in [-0.2, 0) is 0 Å². The van der Waals surface area contributed by atoms with E-state index in [0.29, 0.717) is 11.6 Å². The Morgan fingerprint density at radius 1 is 0.500 bits per heavy atom. The highest BCUT2D eigenvalue weighted by atomic mass is 15.2. The molecule has 0 amide bonds. The van der Waals surface area contributed by atoms with Gasteiger partial charge in [0.1, 0.15) is 5.82 Å². The van der Waals surface area contributed by atoms with E-state index >= 15 is 0 Å². The van der Waals surface area contributed by atoms with Crippen molar-refractivity contribution in [2.45, 2.75) is 24.3 Å². The molecule has 58 heavy (non-hydrogen) atoms. The van der Waals surface area contributed by atoms with Crippen LogP contribution >= 0.6 is 0 Å². The van der Waals surface area contributed by atoms with Gasteiger partial charge in [0, 0.05) is 50.2 Å². The molecule has 3 unspecified atom stereocenters. The molecule has 2 aromatic heterocycles. The van der Waals surface area contributed by atoms with Crippen molar-refractivity contribution in [1.82, 2.24) is 19.5 Å². The van der Waals surface area contributed by atoms with Gasteiger partial charge >= 0.3 is 0 Å². The van der Waals surface area contributed by atoms with Crippen molar-refractivity contribution in [2.75, 3.05) is 4.90 Å². The minimum Gasteiger partial charge on any atom is -0.331 e. The minimum atomic E-state index is 0.0810. The number of fused-ring (bicyclic) bond motifs is 9. The summed E-state index contributed by atoms with van der Waals surface area (Å²) in [4.78, 5) is 18.1. The predicted octanol–water partition coefficient (Wildman–Crippen LogP) is 12.9. The first-order valence-electron chi connectivity index (χ1n) is 20.2. The highest BCUT2D eigenvalue weighted by Gasteiger charge is 2.40. The van der Waals surface area contributed by atoms with Crippen LogP contribution in [0.4, 0.5) is 11.4 Å². The van der Waals surface area contributed by atoms with Gasteiger partial charge in [-0.25, -0.2) is 15.0 Å². The Hall–Kier alpha value is -7.37. The molecule has 9 aromatic rings. The molecule has 3 atom stereocenters. The van der Waals surface area contributed by atoms with E-state index in [4.69, 9.17) is 15.0 Å². The van der Waals surface area contributed by atoms with Crippen LogP contribution in [-0.4, -0.2) is 25.6 Å². The quantitative estimate of drug-likeness (QED) is 0.176.